The van der Waals surface area contributed by atoms with E-state index in [1.165, 1.54) is 6.92 Å². The number of nitrogens with zero attached hydrogens (tertiary/aromatic N) is 4. The van der Waals surface area contributed by atoms with Crippen LogP contribution in [0.15, 0.2) is 36.4 Å². The van der Waals surface area contributed by atoms with Crippen LogP contribution in [0.1, 0.15) is 23.9 Å². The lowest BCUT2D eigenvalue weighted by Crippen LogP contribution is -2.05. The summed E-state index contributed by atoms with van der Waals surface area (Å²) in [5, 5.41) is 15.5. The number of hydrogen-bond acceptors (Lipinski definition) is 5. The van der Waals surface area contributed by atoms with Crippen LogP contribution in [-0.4, -0.2) is 25.9 Å². The summed E-state index contributed by atoms with van der Waals surface area (Å²) in [6, 6.07) is 10.6. The van der Waals surface area contributed by atoms with Crippen molar-refractivity contribution in [3.05, 3.63) is 53.3 Å². The molecule has 0 aliphatic rings. The Morgan fingerprint density at radius 2 is 1.76 bits per heavy atom. The second-order valence-corrected chi connectivity index (χ2v) is 5.75. The number of aromatic nitrogens is 4. The van der Waals surface area contributed by atoms with Crippen molar-refractivity contribution in [1.82, 2.24) is 20.0 Å². The molecule has 0 spiro atoms. The van der Waals surface area contributed by atoms with Crippen molar-refractivity contribution in [3.8, 4) is 17.4 Å². The number of benzene rings is 1. The summed E-state index contributed by atoms with van der Waals surface area (Å²) in [7, 11) is 0. The first-order valence-corrected chi connectivity index (χ1v) is 7.86. The van der Waals surface area contributed by atoms with Crippen LogP contribution in [-0.2, 0) is 4.79 Å². The molecule has 0 saturated carbocycles. The van der Waals surface area contributed by atoms with Crippen molar-refractivity contribution < 1.29 is 9.53 Å². The van der Waals surface area contributed by atoms with Crippen LogP contribution in [0.2, 0.25) is 0 Å². The fraction of sp³-hybridized carbons (Fsp3) is 0.222. The Morgan fingerprint density at radius 1 is 1.04 bits per heavy atom. The molecule has 1 amide bonds. The van der Waals surface area contributed by atoms with Crippen LogP contribution < -0.4 is 10.1 Å². The maximum Gasteiger partial charge on any atom is 0.238 e. The second-order valence-electron chi connectivity index (χ2n) is 5.75. The van der Waals surface area contributed by atoms with Gasteiger partial charge in [0.15, 0.2) is 5.82 Å². The second kappa shape index (κ2) is 6.72. The van der Waals surface area contributed by atoms with Crippen LogP contribution in [0.4, 0.5) is 5.69 Å². The third-order valence-corrected chi connectivity index (χ3v) is 3.89. The van der Waals surface area contributed by atoms with Gasteiger partial charge in [-0.2, -0.15) is 5.10 Å². The largest absolute Gasteiger partial charge is 0.438 e. The summed E-state index contributed by atoms with van der Waals surface area (Å²) in [5.41, 5.74) is 3.86. The number of anilines is 1. The minimum absolute atomic E-state index is 0.116. The SMILES string of the molecule is CC(=O)Nc1ccc(Oc2ccc(-n3nc(C)c(C)c3C)nn2)cc1. The van der Waals surface area contributed by atoms with E-state index >= 15 is 0 Å². The lowest BCUT2D eigenvalue weighted by atomic mass is 10.2. The zero-order valence-corrected chi connectivity index (χ0v) is 14.6. The minimum Gasteiger partial charge on any atom is -0.438 e. The summed E-state index contributed by atoms with van der Waals surface area (Å²) in [4.78, 5) is 11.0. The molecule has 0 radical (unpaired) electrons. The molecular formula is C18H19N5O2. The number of rotatable bonds is 4. The molecule has 7 nitrogen and oxygen atoms in total. The number of carbonyl (C=O) groups excluding carboxylic acids is 1. The highest BCUT2D eigenvalue weighted by Crippen LogP contribution is 2.22. The first-order valence-electron chi connectivity index (χ1n) is 7.86. The van der Waals surface area contributed by atoms with Crippen molar-refractivity contribution >= 4 is 11.6 Å². The van der Waals surface area contributed by atoms with Gasteiger partial charge in [-0.25, -0.2) is 4.68 Å². The standard InChI is InChI=1S/C18H19N5O2/c1-11-12(2)22-23(13(11)3)17-9-10-18(21-20-17)25-16-7-5-15(6-8-16)19-14(4)24/h5-10H,1-4H3,(H,19,24). The number of amides is 1. The Labute approximate surface area is 145 Å². The molecule has 0 aliphatic heterocycles. The molecule has 1 N–H and O–H groups in total. The van der Waals surface area contributed by atoms with Crippen molar-refractivity contribution in [3.63, 3.8) is 0 Å². The third-order valence-electron chi connectivity index (χ3n) is 3.89. The fourth-order valence-electron chi connectivity index (χ4n) is 2.35. The van der Waals surface area contributed by atoms with Gasteiger partial charge in [-0.3, -0.25) is 4.79 Å². The van der Waals surface area contributed by atoms with Crippen LogP contribution >= 0.6 is 0 Å². The highest BCUT2D eigenvalue weighted by Gasteiger charge is 2.10. The Bertz CT molecular complexity index is 898. The molecule has 3 rings (SSSR count). The normalized spacial score (nSPS) is 10.6. The highest BCUT2D eigenvalue weighted by atomic mass is 16.5. The summed E-state index contributed by atoms with van der Waals surface area (Å²) in [5.74, 6) is 1.52. The van der Waals surface area contributed by atoms with Gasteiger partial charge in [0.05, 0.1) is 5.69 Å². The summed E-state index contributed by atoms with van der Waals surface area (Å²) < 4.78 is 7.44. The monoisotopic (exact) mass is 337 g/mol. The van der Waals surface area contributed by atoms with Gasteiger partial charge < -0.3 is 10.1 Å². The maximum absolute atomic E-state index is 11.0. The highest BCUT2D eigenvalue weighted by molar-refractivity contribution is 5.88. The zero-order chi connectivity index (χ0) is 18.0. The van der Waals surface area contributed by atoms with Gasteiger partial charge in [0.1, 0.15) is 5.75 Å². The quantitative estimate of drug-likeness (QED) is 0.789. The van der Waals surface area contributed by atoms with Crippen LogP contribution in [0.5, 0.6) is 11.6 Å². The van der Waals surface area contributed by atoms with E-state index in [9.17, 15) is 4.79 Å². The Hall–Kier alpha value is -3.22. The van der Waals surface area contributed by atoms with Crippen molar-refractivity contribution in [2.45, 2.75) is 27.7 Å². The molecule has 128 valence electrons. The number of aryl methyl sites for hydroxylation is 1. The average Bonchev–Trinajstić information content (AvgIpc) is 2.84. The van der Waals surface area contributed by atoms with Gasteiger partial charge in [0, 0.05) is 24.4 Å². The van der Waals surface area contributed by atoms with Gasteiger partial charge in [-0.05, 0) is 56.7 Å². The average molecular weight is 337 g/mol. The van der Waals surface area contributed by atoms with E-state index in [1.807, 2.05) is 26.8 Å². The molecule has 0 saturated heterocycles. The molecule has 0 bridgehead atoms. The summed E-state index contributed by atoms with van der Waals surface area (Å²) in [6.45, 7) is 7.46. The van der Waals surface area contributed by atoms with E-state index in [1.54, 1.807) is 35.0 Å². The van der Waals surface area contributed by atoms with Gasteiger partial charge >= 0.3 is 0 Å². The fourth-order valence-corrected chi connectivity index (χ4v) is 2.35. The van der Waals surface area contributed by atoms with Crippen LogP contribution in [0.3, 0.4) is 0 Å². The lowest BCUT2D eigenvalue weighted by Gasteiger charge is -2.07. The number of nitrogens with one attached hydrogen (secondary N) is 1. The third kappa shape index (κ3) is 3.65. The Morgan fingerprint density at radius 3 is 2.28 bits per heavy atom. The van der Waals surface area contributed by atoms with Crippen molar-refractivity contribution in [2.75, 3.05) is 5.32 Å². The van der Waals surface area contributed by atoms with Crippen molar-refractivity contribution in [1.29, 1.82) is 0 Å². The number of hydrogen-bond donors (Lipinski definition) is 1. The smallest absolute Gasteiger partial charge is 0.238 e. The number of carbonyl (C=O) groups is 1. The predicted octanol–water partition coefficient (Wildman–Crippen LogP) is 3.34. The van der Waals surface area contributed by atoms with E-state index in [2.05, 4.69) is 20.6 Å². The van der Waals surface area contributed by atoms with E-state index in [0.29, 0.717) is 23.1 Å². The molecule has 3 aromatic rings. The molecule has 0 fully saturated rings. The van der Waals surface area contributed by atoms with E-state index in [-0.39, 0.29) is 5.91 Å². The van der Waals surface area contributed by atoms with Gasteiger partial charge in [-0.15, -0.1) is 10.2 Å². The molecule has 25 heavy (non-hydrogen) atoms. The minimum atomic E-state index is -0.116. The molecule has 1 aromatic carbocycles. The van der Waals surface area contributed by atoms with E-state index < -0.39 is 0 Å². The van der Waals surface area contributed by atoms with Gasteiger partial charge in [-0.1, -0.05) is 0 Å². The molecular weight excluding hydrogens is 318 g/mol. The first-order chi connectivity index (χ1) is 11.9. The summed E-state index contributed by atoms with van der Waals surface area (Å²) >= 11 is 0. The predicted molar refractivity (Wildman–Crippen MR) is 94.2 cm³/mol. The number of ether oxygens (including phenoxy) is 1. The van der Waals surface area contributed by atoms with Crippen LogP contribution in [0, 0.1) is 20.8 Å². The molecule has 2 aromatic heterocycles. The van der Waals surface area contributed by atoms with Crippen molar-refractivity contribution in [2.24, 2.45) is 0 Å². The Kier molecular flexibility index (Phi) is 4.47. The first kappa shape index (κ1) is 16.6. The van der Waals surface area contributed by atoms with E-state index in [0.717, 1.165) is 17.0 Å². The zero-order valence-electron chi connectivity index (χ0n) is 14.6. The van der Waals surface area contributed by atoms with Crippen LogP contribution in [0.25, 0.3) is 5.82 Å². The maximum atomic E-state index is 11.0. The molecule has 0 unspecified atom stereocenters. The molecule has 0 atom stereocenters. The van der Waals surface area contributed by atoms with Gasteiger partial charge in [0.2, 0.25) is 11.8 Å². The lowest BCUT2D eigenvalue weighted by molar-refractivity contribution is -0.114. The molecule has 2 heterocycles. The van der Waals surface area contributed by atoms with E-state index in [4.69, 9.17) is 4.74 Å². The molecule has 7 heteroatoms. The Balaban J connectivity index is 1.74. The summed E-state index contributed by atoms with van der Waals surface area (Å²) in [6.07, 6.45) is 0. The topological polar surface area (TPSA) is 81.9 Å². The molecule has 0 aliphatic carbocycles. The van der Waals surface area contributed by atoms with Gasteiger partial charge in [0.25, 0.3) is 0 Å².